The SMILES string of the molecule is [N-]=[N+]=NCC(O)(c1ccc(N2CCN(CC#CS(=O)(=O)c3ccc(N)nc3)CC2)cc1)C(F)(F)F. The fourth-order valence-electron chi connectivity index (χ4n) is 3.44. The number of halogens is 3. The molecule has 1 aliphatic rings. The molecule has 10 nitrogen and oxygen atoms in total. The summed E-state index contributed by atoms with van der Waals surface area (Å²) in [6.07, 6.45) is -3.87. The summed E-state index contributed by atoms with van der Waals surface area (Å²) in [6, 6.07) is 7.96. The van der Waals surface area contributed by atoms with Crippen molar-refractivity contribution in [3.8, 4) is 11.2 Å². The lowest BCUT2D eigenvalue weighted by molar-refractivity contribution is -0.262. The van der Waals surface area contributed by atoms with Crippen LogP contribution in [0.4, 0.5) is 24.7 Å². The Morgan fingerprint density at radius 2 is 1.80 bits per heavy atom. The second-order valence-electron chi connectivity index (χ2n) is 7.76. The predicted molar refractivity (Wildman–Crippen MR) is 123 cm³/mol. The van der Waals surface area contributed by atoms with Gasteiger partial charge in [0.15, 0.2) is 5.60 Å². The molecular formula is C21H22F3N7O3S. The monoisotopic (exact) mass is 509 g/mol. The molecule has 1 atom stereocenters. The van der Waals surface area contributed by atoms with E-state index < -0.39 is 33.7 Å². The van der Waals surface area contributed by atoms with Crippen molar-refractivity contribution in [3.63, 3.8) is 0 Å². The van der Waals surface area contributed by atoms with Crippen LogP contribution in [0.5, 0.6) is 0 Å². The van der Waals surface area contributed by atoms with Crippen LogP contribution >= 0.6 is 0 Å². The number of hydrogen-bond acceptors (Lipinski definition) is 8. The van der Waals surface area contributed by atoms with Gasteiger partial charge in [-0.3, -0.25) is 4.90 Å². The number of rotatable bonds is 6. The number of aliphatic hydroxyl groups is 1. The lowest BCUT2D eigenvalue weighted by atomic mass is 9.93. The molecule has 1 fully saturated rings. The molecule has 0 amide bonds. The van der Waals surface area contributed by atoms with Gasteiger partial charge in [-0.05, 0) is 35.4 Å². The van der Waals surface area contributed by atoms with E-state index in [1.165, 1.54) is 24.3 Å². The molecule has 2 aromatic rings. The molecular weight excluding hydrogens is 487 g/mol. The van der Waals surface area contributed by atoms with Gasteiger partial charge in [-0.2, -0.15) is 13.2 Å². The molecule has 3 N–H and O–H groups in total. The molecule has 3 rings (SSSR count). The van der Waals surface area contributed by atoms with Crippen molar-refractivity contribution >= 4 is 21.3 Å². The zero-order valence-corrected chi connectivity index (χ0v) is 19.2. The van der Waals surface area contributed by atoms with Crippen LogP contribution in [-0.2, 0) is 15.4 Å². The Morgan fingerprint density at radius 3 is 2.34 bits per heavy atom. The summed E-state index contributed by atoms with van der Waals surface area (Å²) < 4.78 is 64.7. The number of nitrogen functional groups attached to an aromatic ring is 1. The van der Waals surface area contributed by atoms with E-state index >= 15 is 0 Å². The van der Waals surface area contributed by atoms with Gasteiger partial charge in [-0.1, -0.05) is 23.2 Å². The fourth-order valence-corrected chi connectivity index (χ4v) is 4.25. The first-order chi connectivity index (χ1) is 16.5. The van der Waals surface area contributed by atoms with Crippen LogP contribution in [0.3, 0.4) is 0 Å². The van der Waals surface area contributed by atoms with E-state index in [1.54, 1.807) is 0 Å². The van der Waals surface area contributed by atoms with Gasteiger partial charge in [0.2, 0.25) is 9.84 Å². The minimum absolute atomic E-state index is 0.0377. The molecule has 0 saturated carbocycles. The first-order valence-electron chi connectivity index (χ1n) is 10.3. The maximum Gasteiger partial charge on any atom is 0.421 e. The number of sulfone groups is 1. The van der Waals surface area contributed by atoms with Crippen molar-refractivity contribution in [2.24, 2.45) is 5.11 Å². The van der Waals surface area contributed by atoms with Crippen LogP contribution in [0.2, 0.25) is 0 Å². The van der Waals surface area contributed by atoms with E-state index in [1.807, 2.05) is 9.80 Å². The van der Waals surface area contributed by atoms with Crippen LogP contribution < -0.4 is 10.6 Å². The lowest BCUT2D eigenvalue weighted by Gasteiger charge is -2.35. The molecule has 186 valence electrons. The number of piperazine rings is 1. The second-order valence-corrected chi connectivity index (χ2v) is 9.44. The molecule has 0 radical (unpaired) electrons. The number of nitrogens with two attached hydrogens (primary N) is 1. The minimum atomic E-state index is -5.02. The molecule has 0 aliphatic carbocycles. The predicted octanol–water partition coefficient (Wildman–Crippen LogP) is 2.28. The largest absolute Gasteiger partial charge is 0.421 e. The van der Waals surface area contributed by atoms with Crippen molar-refractivity contribution < 1.29 is 26.7 Å². The van der Waals surface area contributed by atoms with Crippen LogP contribution in [0.25, 0.3) is 10.4 Å². The van der Waals surface area contributed by atoms with Crippen molar-refractivity contribution in [3.05, 3.63) is 58.6 Å². The fraction of sp³-hybridized carbons (Fsp3) is 0.381. The molecule has 0 spiro atoms. The number of hydrogen-bond donors (Lipinski definition) is 2. The average Bonchev–Trinajstić information content (AvgIpc) is 2.82. The minimum Gasteiger partial charge on any atom is -0.384 e. The summed E-state index contributed by atoms with van der Waals surface area (Å²) in [5, 5.41) is 15.3. The zero-order chi connectivity index (χ0) is 25.7. The van der Waals surface area contributed by atoms with Crippen LogP contribution in [0, 0.1) is 11.2 Å². The number of pyridine rings is 1. The van der Waals surface area contributed by atoms with E-state index in [4.69, 9.17) is 11.3 Å². The third-order valence-electron chi connectivity index (χ3n) is 5.49. The average molecular weight is 510 g/mol. The van der Waals surface area contributed by atoms with E-state index in [2.05, 4.69) is 26.2 Å². The summed E-state index contributed by atoms with van der Waals surface area (Å²) >= 11 is 0. The number of alkyl halides is 3. The Balaban J connectivity index is 1.60. The Hall–Kier alpha value is -3.50. The van der Waals surface area contributed by atoms with E-state index in [-0.39, 0.29) is 17.3 Å². The number of aromatic nitrogens is 1. The summed E-state index contributed by atoms with van der Waals surface area (Å²) in [6.45, 7) is 1.26. The zero-order valence-electron chi connectivity index (χ0n) is 18.4. The summed E-state index contributed by atoms with van der Waals surface area (Å²) in [4.78, 5) is 9.93. The highest BCUT2D eigenvalue weighted by molar-refractivity contribution is 7.96. The molecule has 35 heavy (non-hydrogen) atoms. The maximum absolute atomic E-state index is 13.4. The van der Waals surface area contributed by atoms with Gasteiger partial charge >= 0.3 is 6.18 Å². The molecule has 2 heterocycles. The Morgan fingerprint density at radius 1 is 1.14 bits per heavy atom. The molecule has 1 aliphatic heterocycles. The van der Waals surface area contributed by atoms with Gasteiger partial charge in [0, 0.05) is 48.2 Å². The van der Waals surface area contributed by atoms with Gasteiger partial charge in [0.1, 0.15) is 5.82 Å². The molecule has 14 heteroatoms. The van der Waals surface area contributed by atoms with E-state index in [9.17, 15) is 26.7 Å². The number of nitrogens with zero attached hydrogens (tertiary/aromatic N) is 6. The summed E-state index contributed by atoms with van der Waals surface area (Å²) in [5.41, 5.74) is 10.8. The third-order valence-corrected chi connectivity index (χ3v) is 6.77. The molecule has 1 aromatic carbocycles. The summed E-state index contributed by atoms with van der Waals surface area (Å²) in [5.74, 6) is 2.86. The summed E-state index contributed by atoms with van der Waals surface area (Å²) in [7, 11) is -3.81. The van der Waals surface area contributed by atoms with Crippen molar-refractivity contribution in [2.75, 3.05) is 49.9 Å². The van der Waals surface area contributed by atoms with Crippen LogP contribution in [0.15, 0.2) is 52.6 Å². The van der Waals surface area contributed by atoms with E-state index in [0.29, 0.717) is 31.9 Å². The normalized spacial score (nSPS) is 16.5. The number of azide groups is 1. The highest BCUT2D eigenvalue weighted by atomic mass is 32.2. The first kappa shape index (κ1) is 26.1. The molecule has 0 bridgehead atoms. The van der Waals surface area contributed by atoms with Gasteiger partial charge in [-0.15, -0.1) is 0 Å². The van der Waals surface area contributed by atoms with Gasteiger partial charge in [0.25, 0.3) is 0 Å². The van der Waals surface area contributed by atoms with E-state index in [0.717, 1.165) is 18.3 Å². The maximum atomic E-state index is 13.4. The molecule has 1 unspecified atom stereocenters. The number of anilines is 2. The van der Waals surface area contributed by atoms with Gasteiger partial charge < -0.3 is 15.7 Å². The van der Waals surface area contributed by atoms with Gasteiger partial charge in [-0.25, -0.2) is 13.4 Å². The third kappa shape index (κ3) is 6.14. The van der Waals surface area contributed by atoms with Crippen molar-refractivity contribution in [1.29, 1.82) is 0 Å². The first-order valence-corrected chi connectivity index (χ1v) is 11.8. The van der Waals surface area contributed by atoms with Crippen molar-refractivity contribution in [1.82, 2.24) is 9.88 Å². The Bertz CT molecular complexity index is 1240. The van der Waals surface area contributed by atoms with Crippen LogP contribution in [0.1, 0.15) is 5.56 Å². The highest BCUT2D eigenvalue weighted by Gasteiger charge is 2.54. The lowest BCUT2D eigenvalue weighted by Crippen LogP contribution is -2.46. The second kappa shape index (κ2) is 10.4. The van der Waals surface area contributed by atoms with Crippen molar-refractivity contribution in [2.45, 2.75) is 16.7 Å². The Labute approximate surface area is 199 Å². The highest BCUT2D eigenvalue weighted by Crippen LogP contribution is 2.39. The number of benzene rings is 1. The molecule has 1 aromatic heterocycles. The Kier molecular flexibility index (Phi) is 7.76. The smallest absolute Gasteiger partial charge is 0.384 e. The standard InChI is InChI=1S/C21H22F3N7O3S/c22-21(23,24)20(32,15-28-29-26)16-2-4-17(5-3-16)31-11-9-30(10-12-31)8-1-13-35(33,34)18-6-7-19(25)27-14-18/h2-7,14,32H,8-12,15H2,(H2,25,27). The topological polar surface area (TPSA) is 149 Å². The quantitative estimate of drug-likeness (QED) is 0.199. The van der Waals surface area contributed by atoms with Gasteiger partial charge in [0.05, 0.1) is 18.0 Å². The molecule has 1 saturated heterocycles. The van der Waals surface area contributed by atoms with Crippen LogP contribution in [-0.4, -0.2) is 68.9 Å².